The Morgan fingerprint density at radius 1 is 1.45 bits per heavy atom. The minimum atomic E-state index is -0.973. The zero-order valence-corrected chi connectivity index (χ0v) is 13.0. The fourth-order valence-corrected chi connectivity index (χ4v) is 3.23. The molecule has 5 nitrogen and oxygen atoms in total. The standard InChI is InChI=1S/C17H22O5/c1-3-17(14(21-2)10-15(18)19)11-13(22-16(17)20)9-12-7-5-4-6-8-12/h4-8,13-14H,3,9-11H2,1-2H3,(H,18,19)/t13-,14-,17+/m0/s1. The first-order valence-corrected chi connectivity index (χ1v) is 7.51. The molecule has 1 heterocycles. The molecular formula is C17H22O5. The van der Waals surface area contributed by atoms with Crippen LogP contribution in [-0.2, 0) is 25.5 Å². The van der Waals surface area contributed by atoms with Crippen molar-refractivity contribution in [2.45, 2.75) is 44.8 Å². The number of carbonyl (C=O) groups is 2. The number of cyclic esters (lactones) is 1. The summed E-state index contributed by atoms with van der Waals surface area (Å²) in [5, 5.41) is 9.04. The van der Waals surface area contributed by atoms with Crippen molar-refractivity contribution in [2.75, 3.05) is 7.11 Å². The third kappa shape index (κ3) is 3.30. The summed E-state index contributed by atoms with van der Waals surface area (Å²) < 4.78 is 10.9. The van der Waals surface area contributed by atoms with E-state index in [2.05, 4.69) is 0 Å². The van der Waals surface area contributed by atoms with Crippen LogP contribution >= 0.6 is 0 Å². The van der Waals surface area contributed by atoms with Crippen molar-refractivity contribution < 1.29 is 24.2 Å². The van der Waals surface area contributed by atoms with Crippen LogP contribution in [0.25, 0.3) is 0 Å². The highest BCUT2D eigenvalue weighted by Crippen LogP contribution is 2.43. The van der Waals surface area contributed by atoms with E-state index in [4.69, 9.17) is 14.6 Å². The highest BCUT2D eigenvalue weighted by molar-refractivity contribution is 5.81. The fraction of sp³-hybridized carbons (Fsp3) is 0.529. The number of hydrogen-bond donors (Lipinski definition) is 1. The van der Waals surface area contributed by atoms with Gasteiger partial charge in [0.15, 0.2) is 0 Å². The highest BCUT2D eigenvalue weighted by atomic mass is 16.6. The van der Waals surface area contributed by atoms with Gasteiger partial charge in [-0.3, -0.25) is 9.59 Å². The van der Waals surface area contributed by atoms with Crippen LogP contribution in [0.4, 0.5) is 0 Å². The summed E-state index contributed by atoms with van der Waals surface area (Å²) in [6, 6.07) is 9.81. The summed E-state index contributed by atoms with van der Waals surface area (Å²) in [5.41, 5.74) is 0.228. The number of rotatable bonds is 7. The number of ether oxygens (including phenoxy) is 2. The van der Waals surface area contributed by atoms with E-state index >= 15 is 0 Å². The van der Waals surface area contributed by atoms with Crippen LogP contribution in [0.3, 0.4) is 0 Å². The summed E-state index contributed by atoms with van der Waals surface area (Å²) in [6.45, 7) is 1.88. The Hall–Kier alpha value is -1.88. The van der Waals surface area contributed by atoms with Gasteiger partial charge in [0.1, 0.15) is 6.10 Å². The van der Waals surface area contributed by atoms with Gasteiger partial charge in [0.2, 0.25) is 0 Å². The normalized spacial score (nSPS) is 25.7. The molecule has 0 unspecified atom stereocenters. The van der Waals surface area contributed by atoms with Crippen LogP contribution in [0.5, 0.6) is 0 Å². The highest BCUT2D eigenvalue weighted by Gasteiger charge is 2.53. The van der Waals surface area contributed by atoms with E-state index in [1.165, 1.54) is 7.11 Å². The molecule has 1 fully saturated rings. The fourth-order valence-electron chi connectivity index (χ4n) is 3.23. The summed E-state index contributed by atoms with van der Waals surface area (Å²) in [7, 11) is 1.45. The Morgan fingerprint density at radius 2 is 2.14 bits per heavy atom. The first kappa shape index (κ1) is 16.5. The van der Waals surface area contributed by atoms with Crippen LogP contribution in [0.1, 0.15) is 31.7 Å². The Morgan fingerprint density at radius 3 is 2.68 bits per heavy atom. The van der Waals surface area contributed by atoms with Gasteiger partial charge >= 0.3 is 11.9 Å². The van der Waals surface area contributed by atoms with Gasteiger partial charge < -0.3 is 14.6 Å². The largest absolute Gasteiger partial charge is 0.481 e. The van der Waals surface area contributed by atoms with Crippen molar-refractivity contribution >= 4 is 11.9 Å². The molecule has 0 saturated carbocycles. The molecular weight excluding hydrogens is 284 g/mol. The van der Waals surface area contributed by atoms with E-state index in [-0.39, 0.29) is 18.5 Å². The molecule has 0 amide bonds. The maximum atomic E-state index is 12.4. The van der Waals surface area contributed by atoms with Gasteiger partial charge in [-0.25, -0.2) is 0 Å². The SMILES string of the molecule is CC[C@]1([C@H](CC(=O)O)OC)C[C@H](Cc2ccccc2)OC1=O. The van der Waals surface area contributed by atoms with Crippen molar-refractivity contribution in [2.24, 2.45) is 5.41 Å². The molecule has 1 aromatic carbocycles. The van der Waals surface area contributed by atoms with Gasteiger partial charge in [-0.05, 0) is 12.0 Å². The van der Waals surface area contributed by atoms with E-state index in [9.17, 15) is 9.59 Å². The molecule has 120 valence electrons. The molecule has 1 aliphatic rings. The molecule has 2 rings (SSSR count). The number of hydrogen-bond acceptors (Lipinski definition) is 4. The molecule has 22 heavy (non-hydrogen) atoms. The Labute approximate surface area is 130 Å². The van der Waals surface area contributed by atoms with Crippen LogP contribution in [0.15, 0.2) is 30.3 Å². The number of carboxylic acids is 1. The lowest BCUT2D eigenvalue weighted by atomic mass is 9.75. The van der Waals surface area contributed by atoms with Crippen molar-refractivity contribution in [3.05, 3.63) is 35.9 Å². The Kier molecular flexibility index (Phi) is 5.19. The molecule has 0 aromatic heterocycles. The lowest BCUT2D eigenvalue weighted by Crippen LogP contribution is -2.41. The second-order valence-corrected chi connectivity index (χ2v) is 5.75. The molecule has 1 N–H and O–H groups in total. The zero-order valence-electron chi connectivity index (χ0n) is 13.0. The van der Waals surface area contributed by atoms with Crippen LogP contribution in [0, 0.1) is 5.41 Å². The molecule has 3 atom stereocenters. The van der Waals surface area contributed by atoms with Crippen LogP contribution in [-0.4, -0.2) is 36.4 Å². The van der Waals surface area contributed by atoms with Crippen molar-refractivity contribution in [1.29, 1.82) is 0 Å². The topological polar surface area (TPSA) is 72.8 Å². The average molecular weight is 306 g/mol. The van der Waals surface area contributed by atoms with Gasteiger partial charge in [0, 0.05) is 20.0 Å². The van der Waals surface area contributed by atoms with Gasteiger partial charge in [-0.2, -0.15) is 0 Å². The second-order valence-electron chi connectivity index (χ2n) is 5.75. The average Bonchev–Trinajstić information content (AvgIpc) is 2.82. The molecule has 5 heteroatoms. The van der Waals surface area contributed by atoms with Crippen molar-refractivity contribution in [3.8, 4) is 0 Å². The molecule has 1 aromatic rings. The van der Waals surface area contributed by atoms with Crippen LogP contribution in [0.2, 0.25) is 0 Å². The maximum Gasteiger partial charge on any atom is 0.315 e. The monoisotopic (exact) mass is 306 g/mol. The number of aliphatic carboxylic acids is 1. The van der Waals surface area contributed by atoms with E-state index in [0.717, 1.165) is 5.56 Å². The molecule has 0 radical (unpaired) electrons. The molecule has 1 aliphatic heterocycles. The lowest BCUT2D eigenvalue weighted by molar-refractivity contribution is -0.158. The number of carbonyl (C=O) groups excluding carboxylic acids is 1. The predicted molar refractivity (Wildman–Crippen MR) is 80.4 cm³/mol. The molecule has 0 bridgehead atoms. The van der Waals surface area contributed by atoms with E-state index in [1.54, 1.807) is 0 Å². The third-order valence-electron chi connectivity index (χ3n) is 4.47. The van der Waals surface area contributed by atoms with Crippen molar-refractivity contribution in [1.82, 2.24) is 0 Å². The van der Waals surface area contributed by atoms with Crippen molar-refractivity contribution in [3.63, 3.8) is 0 Å². The molecule has 0 spiro atoms. The van der Waals surface area contributed by atoms with Gasteiger partial charge in [-0.15, -0.1) is 0 Å². The summed E-state index contributed by atoms with van der Waals surface area (Å²) >= 11 is 0. The van der Waals surface area contributed by atoms with E-state index in [0.29, 0.717) is 19.3 Å². The molecule has 1 saturated heterocycles. The Bertz CT molecular complexity index is 527. The number of methoxy groups -OCH3 is 1. The summed E-state index contributed by atoms with van der Waals surface area (Å²) in [6.07, 6.45) is 0.533. The first-order chi connectivity index (χ1) is 10.5. The zero-order chi connectivity index (χ0) is 16.2. The number of esters is 1. The maximum absolute atomic E-state index is 12.4. The number of carboxylic acid groups (broad SMARTS) is 1. The van der Waals surface area contributed by atoms with Gasteiger partial charge in [-0.1, -0.05) is 37.3 Å². The Balaban J connectivity index is 2.15. The smallest absolute Gasteiger partial charge is 0.315 e. The summed E-state index contributed by atoms with van der Waals surface area (Å²) in [5.74, 6) is -1.32. The van der Waals surface area contributed by atoms with E-state index in [1.807, 2.05) is 37.3 Å². The van der Waals surface area contributed by atoms with Crippen LogP contribution < -0.4 is 0 Å². The second kappa shape index (κ2) is 6.92. The summed E-state index contributed by atoms with van der Waals surface area (Å²) in [4.78, 5) is 23.4. The first-order valence-electron chi connectivity index (χ1n) is 7.51. The van der Waals surface area contributed by atoms with E-state index < -0.39 is 17.5 Å². The number of benzene rings is 1. The van der Waals surface area contributed by atoms with Gasteiger partial charge in [0.25, 0.3) is 0 Å². The lowest BCUT2D eigenvalue weighted by Gasteiger charge is -2.30. The minimum absolute atomic E-state index is 0.197. The predicted octanol–water partition coefficient (Wildman–Crippen LogP) is 2.43. The quantitative estimate of drug-likeness (QED) is 0.783. The third-order valence-corrected chi connectivity index (χ3v) is 4.47. The molecule has 0 aliphatic carbocycles. The minimum Gasteiger partial charge on any atom is -0.481 e. The van der Waals surface area contributed by atoms with Gasteiger partial charge in [0.05, 0.1) is 17.9 Å².